The lowest BCUT2D eigenvalue weighted by atomic mass is 9.77. The normalized spacial score (nSPS) is 15.1. The van der Waals surface area contributed by atoms with Crippen molar-refractivity contribution in [3.8, 4) is 16.9 Å². The van der Waals surface area contributed by atoms with Crippen molar-refractivity contribution >= 4 is 12.4 Å². The maximum Gasteiger partial charge on any atom is 0.264 e. The van der Waals surface area contributed by atoms with Gasteiger partial charge in [-0.15, -0.1) is 12.4 Å². The number of hydrogen-bond donors (Lipinski definition) is 1. The second kappa shape index (κ2) is 7.25. The summed E-state index contributed by atoms with van der Waals surface area (Å²) in [5.74, 6) is 1.82. The fourth-order valence-electron chi connectivity index (χ4n) is 2.89. The van der Waals surface area contributed by atoms with E-state index in [1.807, 2.05) is 42.5 Å². The van der Waals surface area contributed by atoms with Crippen LogP contribution in [0.3, 0.4) is 0 Å². The lowest BCUT2D eigenvalue weighted by Crippen LogP contribution is -2.44. The van der Waals surface area contributed by atoms with Crippen molar-refractivity contribution in [2.45, 2.75) is 31.4 Å². The summed E-state index contributed by atoms with van der Waals surface area (Å²) in [6, 6.07) is 18.0. The van der Waals surface area contributed by atoms with Gasteiger partial charge >= 0.3 is 0 Å². The maximum atomic E-state index is 6.22. The molecule has 2 aromatic carbocycles. The van der Waals surface area contributed by atoms with Crippen LogP contribution in [0.5, 0.6) is 5.75 Å². The molecule has 1 fully saturated rings. The molecule has 25 heavy (non-hydrogen) atoms. The molecule has 5 nitrogen and oxygen atoms in total. The number of aromatic nitrogens is 2. The Morgan fingerprint density at radius 3 is 2.48 bits per heavy atom. The van der Waals surface area contributed by atoms with Gasteiger partial charge in [0.1, 0.15) is 5.75 Å². The fourth-order valence-corrected chi connectivity index (χ4v) is 2.89. The van der Waals surface area contributed by atoms with Crippen molar-refractivity contribution in [2.24, 2.45) is 5.73 Å². The maximum absolute atomic E-state index is 6.22. The summed E-state index contributed by atoms with van der Waals surface area (Å²) in [6.45, 7) is 0.229. The lowest BCUT2D eigenvalue weighted by molar-refractivity contribution is 0.223. The molecule has 1 aliphatic carbocycles. The average Bonchev–Trinajstić information content (AvgIpc) is 3.08. The summed E-state index contributed by atoms with van der Waals surface area (Å²) in [5, 5.41) is 4.01. The molecule has 0 atom stereocenters. The zero-order chi connectivity index (χ0) is 16.4. The number of nitrogens with two attached hydrogens (primary N) is 1. The van der Waals surface area contributed by atoms with Crippen LogP contribution in [0.4, 0.5) is 0 Å². The van der Waals surface area contributed by atoms with E-state index in [0.717, 1.165) is 36.1 Å². The molecule has 0 spiro atoms. The Balaban J connectivity index is 0.00000182. The van der Waals surface area contributed by atoms with Gasteiger partial charge in [-0.05, 0) is 30.9 Å². The second-order valence-electron chi connectivity index (χ2n) is 6.17. The van der Waals surface area contributed by atoms with Gasteiger partial charge in [0, 0.05) is 5.56 Å². The minimum Gasteiger partial charge on any atom is -0.483 e. The molecule has 130 valence electrons. The highest BCUT2D eigenvalue weighted by atomic mass is 35.5. The third kappa shape index (κ3) is 3.52. The van der Waals surface area contributed by atoms with Gasteiger partial charge in [0.05, 0.1) is 5.54 Å². The Bertz CT molecular complexity index is 831. The third-order valence-corrected chi connectivity index (χ3v) is 4.48. The van der Waals surface area contributed by atoms with Crippen molar-refractivity contribution in [1.29, 1.82) is 0 Å². The minimum absolute atomic E-state index is 0. The monoisotopic (exact) mass is 357 g/mol. The van der Waals surface area contributed by atoms with Gasteiger partial charge in [0.2, 0.25) is 0 Å². The van der Waals surface area contributed by atoms with Crippen LogP contribution < -0.4 is 10.5 Å². The molecule has 1 saturated carbocycles. The van der Waals surface area contributed by atoms with Crippen molar-refractivity contribution in [3.05, 3.63) is 66.3 Å². The number of benzene rings is 2. The molecule has 6 heteroatoms. The first-order valence-corrected chi connectivity index (χ1v) is 8.14. The average molecular weight is 358 g/mol. The van der Waals surface area contributed by atoms with Crippen molar-refractivity contribution in [2.75, 3.05) is 0 Å². The standard InChI is InChI=1S/C19H19N3O2.ClH/c20-19(11-6-12-19)18-21-17(24-22-18)13-23-16-10-5-4-9-15(16)14-7-2-1-3-8-14;/h1-5,7-10H,6,11-13,20H2;1H. The highest BCUT2D eigenvalue weighted by Crippen LogP contribution is 2.37. The number of nitrogens with zero attached hydrogens (tertiary/aromatic N) is 2. The van der Waals surface area contributed by atoms with Gasteiger partial charge in [-0.2, -0.15) is 4.98 Å². The molecule has 0 radical (unpaired) electrons. The molecule has 0 bridgehead atoms. The van der Waals surface area contributed by atoms with E-state index in [4.69, 9.17) is 15.0 Å². The van der Waals surface area contributed by atoms with Gasteiger partial charge in [-0.1, -0.05) is 53.7 Å². The van der Waals surface area contributed by atoms with Gasteiger partial charge in [-0.25, -0.2) is 0 Å². The van der Waals surface area contributed by atoms with Gasteiger partial charge < -0.3 is 15.0 Å². The topological polar surface area (TPSA) is 74.2 Å². The zero-order valence-corrected chi connectivity index (χ0v) is 14.5. The smallest absolute Gasteiger partial charge is 0.264 e. The van der Waals surface area contributed by atoms with E-state index in [9.17, 15) is 0 Å². The quantitative estimate of drug-likeness (QED) is 0.744. The van der Waals surface area contributed by atoms with Crippen LogP contribution in [-0.4, -0.2) is 10.1 Å². The molecule has 0 unspecified atom stereocenters. The number of halogens is 1. The Hall–Kier alpha value is -2.37. The molecule has 3 aromatic rings. The molecule has 1 aliphatic rings. The van der Waals surface area contributed by atoms with Crippen molar-refractivity contribution in [1.82, 2.24) is 10.1 Å². The number of rotatable bonds is 5. The molecular formula is C19H20ClN3O2. The molecule has 1 heterocycles. The number of ether oxygens (including phenoxy) is 1. The van der Waals surface area contributed by atoms with Crippen LogP contribution in [0, 0.1) is 0 Å². The SMILES string of the molecule is Cl.NC1(c2noc(COc3ccccc3-c3ccccc3)n2)CCC1. The summed E-state index contributed by atoms with van der Waals surface area (Å²) < 4.78 is 11.2. The summed E-state index contributed by atoms with van der Waals surface area (Å²) >= 11 is 0. The molecule has 2 N–H and O–H groups in total. The van der Waals surface area contributed by atoms with Gasteiger partial charge in [0.25, 0.3) is 5.89 Å². The molecule has 0 aliphatic heterocycles. The fraction of sp³-hybridized carbons (Fsp3) is 0.263. The van der Waals surface area contributed by atoms with E-state index < -0.39 is 5.54 Å². The summed E-state index contributed by atoms with van der Waals surface area (Å²) in [7, 11) is 0. The van der Waals surface area contributed by atoms with Crippen LogP contribution in [0.15, 0.2) is 59.1 Å². The Morgan fingerprint density at radius 1 is 1.04 bits per heavy atom. The Kier molecular flexibility index (Phi) is 5.06. The van der Waals surface area contributed by atoms with E-state index in [0.29, 0.717) is 11.7 Å². The largest absolute Gasteiger partial charge is 0.483 e. The van der Waals surface area contributed by atoms with Crippen LogP contribution in [0.1, 0.15) is 31.0 Å². The van der Waals surface area contributed by atoms with Crippen LogP contribution in [-0.2, 0) is 12.1 Å². The number of hydrogen-bond acceptors (Lipinski definition) is 5. The highest BCUT2D eigenvalue weighted by molar-refractivity contribution is 5.85. The van der Waals surface area contributed by atoms with Gasteiger partial charge in [0.15, 0.2) is 12.4 Å². The molecule has 0 saturated heterocycles. The van der Waals surface area contributed by atoms with E-state index in [1.54, 1.807) is 0 Å². The summed E-state index contributed by atoms with van der Waals surface area (Å²) in [4.78, 5) is 4.39. The molecular weight excluding hydrogens is 338 g/mol. The zero-order valence-electron chi connectivity index (χ0n) is 13.7. The first-order valence-electron chi connectivity index (χ1n) is 8.14. The van der Waals surface area contributed by atoms with Crippen LogP contribution in [0.2, 0.25) is 0 Å². The van der Waals surface area contributed by atoms with Crippen LogP contribution >= 0.6 is 12.4 Å². The first kappa shape index (κ1) is 17.5. The van der Waals surface area contributed by atoms with E-state index >= 15 is 0 Å². The molecule has 4 rings (SSSR count). The van der Waals surface area contributed by atoms with E-state index in [-0.39, 0.29) is 19.0 Å². The predicted octanol–water partition coefficient (Wildman–Crippen LogP) is 4.08. The first-order chi connectivity index (χ1) is 11.7. The van der Waals surface area contributed by atoms with Gasteiger partial charge in [-0.3, -0.25) is 0 Å². The van der Waals surface area contributed by atoms with Crippen molar-refractivity contribution in [3.63, 3.8) is 0 Å². The third-order valence-electron chi connectivity index (χ3n) is 4.48. The minimum atomic E-state index is -0.413. The molecule has 1 aromatic heterocycles. The molecule has 0 amide bonds. The lowest BCUT2D eigenvalue weighted by Gasteiger charge is -2.34. The highest BCUT2D eigenvalue weighted by Gasteiger charge is 2.39. The Morgan fingerprint density at radius 2 is 1.76 bits per heavy atom. The summed E-state index contributed by atoms with van der Waals surface area (Å²) in [5.41, 5.74) is 7.95. The van der Waals surface area contributed by atoms with E-state index in [1.165, 1.54) is 0 Å². The summed E-state index contributed by atoms with van der Waals surface area (Å²) in [6.07, 6.45) is 2.93. The number of para-hydroxylation sites is 1. The Labute approximate surface area is 152 Å². The van der Waals surface area contributed by atoms with Crippen LogP contribution in [0.25, 0.3) is 11.1 Å². The second-order valence-corrected chi connectivity index (χ2v) is 6.17. The van der Waals surface area contributed by atoms with Crippen molar-refractivity contribution < 1.29 is 9.26 Å². The van der Waals surface area contributed by atoms with E-state index in [2.05, 4.69) is 22.3 Å². The predicted molar refractivity (Wildman–Crippen MR) is 97.5 cm³/mol.